The maximum absolute atomic E-state index is 12.4. The number of carbonyl (C=O) groups is 3. The second kappa shape index (κ2) is 24.8. The smallest absolute Gasteiger partial charge is 0.465 e. The molecule has 0 unspecified atom stereocenters. The van der Waals surface area contributed by atoms with Crippen LogP contribution < -0.4 is 26.9 Å². The quantitative estimate of drug-likeness (QED) is 0.0458. The molecular formula is C31H55B2N3O8. The highest BCUT2D eigenvalue weighted by Gasteiger charge is 2.20. The number of amides is 2. The van der Waals surface area contributed by atoms with Crippen molar-refractivity contribution in [2.45, 2.75) is 116 Å². The first-order chi connectivity index (χ1) is 21.2. The van der Waals surface area contributed by atoms with E-state index in [4.69, 9.17) is 4.74 Å². The fourth-order valence-electron chi connectivity index (χ4n) is 5.00. The monoisotopic (exact) mass is 619 g/mol. The van der Waals surface area contributed by atoms with Crippen molar-refractivity contribution >= 4 is 42.9 Å². The second-order valence-electron chi connectivity index (χ2n) is 11.3. The van der Waals surface area contributed by atoms with Crippen LogP contribution in [0.3, 0.4) is 0 Å². The van der Waals surface area contributed by atoms with Gasteiger partial charge in [-0.25, -0.2) is 0 Å². The molecule has 0 spiro atoms. The number of ether oxygens (including phenoxy) is 1. The molecule has 0 aliphatic rings. The number of hydrogen-bond acceptors (Lipinski definition) is 9. The van der Waals surface area contributed by atoms with E-state index in [0.29, 0.717) is 32.5 Å². The number of benzene rings is 1. The molecule has 0 saturated carbocycles. The van der Waals surface area contributed by atoms with Gasteiger partial charge in [-0.2, -0.15) is 0 Å². The van der Waals surface area contributed by atoms with Crippen molar-refractivity contribution in [3.63, 3.8) is 0 Å². The van der Waals surface area contributed by atoms with E-state index >= 15 is 0 Å². The average Bonchev–Trinajstić information content (AvgIpc) is 3.00. The Labute approximate surface area is 264 Å². The van der Waals surface area contributed by atoms with Crippen LogP contribution in [0.2, 0.25) is 0 Å². The van der Waals surface area contributed by atoms with Crippen LogP contribution in [-0.2, 0) is 14.3 Å². The zero-order valence-corrected chi connectivity index (χ0v) is 26.8. The minimum Gasteiger partial charge on any atom is -0.465 e. The average molecular weight is 619 g/mol. The predicted molar refractivity (Wildman–Crippen MR) is 175 cm³/mol. The van der Waals surface area contributed by atoms with E-state index in [0.717, 1.165) is 51.4 Å². The summed E-state index contributed by atoms with van der Waals surface area (Å²) in [5, 5.41) is 46.2. The van der Waals surface area contributed by atoms with Gasteiger partial charge < -0.3 is 40.8 Å². The number of rotatable bonds is 26. The number of hydrogen-bond donors (Lipinski definition) is 7. The number of nitrogens with one attached hydrogen (secondary N) is 3. The molecule has 0 aliphatic carbocycles. The molecule has 1 aromatic rings. The Morgan fingerprint density at radius 2 is 1.18 bits per heavy atom. The van der Waals surface area contributed by atoms with Gasteiger partial charge in [-0.05, 0) is 69.1 Å². The summed E-state index contributed by atoms with van der Waals surface area (Å²) in [5.41, 5.74) is 0.204. The first-order valence-corrected chi connectivity index (χ1v) is 16.5. The zero-order chi connectivity index (χ0) is 32.6. The Morgan fingerprint density at radius 3 is 1.68 bits per heavy atom. The van der Waals surface area contributed by atoms with Crippen molar-refractivity contribution in [1.29, 1.82) is 0 Å². The van der Waals surface area contributed by atoms with E-state index in [1.165, 1.54) is 56.7 Å². The summed E-state index contributed by atoms with van der Waals surface area (Å²) in [6.07, 6.45) is 16.3. The van der Waals surface area contributed by atoms with Gasteiger partial charge in [0.2, 0.25) is 5.91 Å². The minimum atomic E-state index is -1.81. The van der Waals surface area contributed by atoms with Gasteiger partial charge in [-0.15, -0.1) is 0 Å². The van der Waals surface area contributed by atoms with E-state index in [1.807, 2.05) is 0 Å². The first kappa shape index (κ1) is 39.6. The molecule has 248 valence electrons. The molecule has 0 bridgehead atoms. The molecule has 0 saturated heterocycles. The van der Waals surface area contributed by atoms with Gasteiger partial charge in [0, 0.05) is 25.1 Å². The molecule has 0 heterocycles. The van der Waals surface area contributed by atoms with Crippen LogP contribution in [0.4, 0.5) is 0 Å². The van der Waals surface area contributed by atoms with Gasteiger partial charge in [0.15, 0.2) is 0 Å². The Bertz CT molecular complexity index is 926. The summed E-state index contributed by atoms with van der Waals surface area (Å²) >= 11 is 0. The van der Waals surface area contributed by atoms with E-state index in [2.05, 4.69) is 16.0 Å². The first-order valence-electron chi connectivity index (χ1n) is 16.5. The zero-order valence-electron chi connectivity index (χ0n) is 26.8. The molecule has 44 heavy (non-hydrogen) atoms. The van der Waals surface area contributed by atoms with Crippen LogP contribution in [0.25, 0.3) is 0 Å². The summed E-state index contributed by atoms with van der Waals surface area (Å²) in [6.45, 7) is 3.32. The lowest BCUT2D eigenvalue weighted by atomic mass is 9.72. The lowest BCUT2D eigenvalue weighted by molar-refractivity contribution is -0.145. The highest BCUT2D eigenvalue weighted by Crippen LogP contribution is 2.12. The van der Waals surface area contributed by atoms with Crippen LogP contribution in [0, 0.1) is 0 Å². The molecule has 2 amide bonds. The molecular weight excluding hydrogens is 564 g/mol. The van der Waals surface area contributed by atoms with Crippen molar-refractivity contribution in [3.8, 4) is 0 Å². The molecule has 1 atom stereocenters. The highest BCUT2D eigenvalue weighted by atomic mass is 16.5. The van der Waals surface area contributed by atoms with Gasteiger partial charge in [-0.1, -0.05) is 70.3 Å². The number of esters is 1. The maximum Gasteiger partial charge on any atom is 0.488 e. The molecule has 13 heteroatoms. The predicted octanol–water partition coefficient (Wildman–Crippen LogP) is 1.28. The van der Waals surface area contributed by atoms with Gasteiger partial charge in [0.05, 0.1) is 6.61 Å². The topological polar surface area (TPSA) is 177 Å². The van der Waals surface area contributed by atoms with E-state index in [-0.39, 0.29) is 34.4 Å². The van der Waals surface area contributed by atoms with Gasteiger partial charge in [0.1, 0.15) is 6.04 Å². The molecule has 7 N–H and O–H groups in total. The molecule has 0 fully saturated rings. The van der Waals surface area contributed by atoms with Crippen molar-refractivity contribution in [2.75, 3.05) is 26.7 Å². The lowest BCUT2D eigenvalue weighted by Crippen LogP contribution is -2.40. The van der Waals surface area contributed by atoms with Gasteiger partial charge in [0.25, 0.3) is 5.91 Å². The number of likely N-dealkylation sites (N-methyl/N-ethyl adjacent to an activating group) is 1. The van der Waals surface area contributed by atoms with Crippen LogP contribution in [0.15, 0.2) is 18.2 Å². The summed E-state index contributed by atoms with van der Waals surface area (Å²) in [5.74, 6) is -0.506. The van der Waals surface area contributed by atoms with Gasteiger partial charge >= 0.3 is 20.2 Å². The SMILES string of the molecule is CCOC(=O)[C@H](CCCCNC(=O)CCCCCCCCCCCCCCNC(=O)c1cc(B(O)O)cc(B(O)O)c1)NC. The largest absolute Gasteiger partial charge is 0.488 e. The number of unbranched alkanes of at least 4 members (excludes halogenated alkanes) is 12. The van der Waals surface area contributed by atoms with Crippen molar-refractivity contribution < 1.29 is 39.2 Å². The Hall–Kier alpha value is -2.44. The molecule has 1 aromatic carbocycles. The normalized spacial score (nSPS) is 11.6. The van der Waals surface area contributed by atoms with E-state index < -0.39 is 20.1 Å². The van der Waals surface area contributed by atoms with Gasteiger partial charge in [-0.3, -0.25) is 14.4 Å². The van der Waals surface area contributed by atoms with Crippen molar-refractivity contribution in [2.24, 2.45) is 0 Å². The van der Waals surface area contributed by atoms with Crippen LogP contribution in [0.5, 0.6) is 0 Å². The molecule has 0 aliphatic heterocycles. The molecule has 0 radical (unpaired) electrons. The Kier molecular flexibility index (Phi) is 22.3. The lowest BCUT2D eigenvalue weighted by Gasteiger charge is -2.14. The minimum absolute atomic E-state index is 0.0256. The van der Waals surface area contributed by atoms with Crippen LogP contribution >= 0.6 is 0 Å². The van der Waals surface area contributed by atoms with Crippen LogP contribution in [-0.4, -0.2) is 84.9 Å². The molecule has 0 aromatic heterocycles. The summed E-state index contributed by atoms with van der Waals surface area (Å²) in [6, 6.07) is 3.60. The Balaban J connectivity index is 1.94. The fourth-order valence-corrected chi connectivity index (χ4v) is 5.00. The fraction of sp³-hybridized carbons (Fsp3) is 0.710. The van der Waals surface area contributed by atoms with Crippen LogP contribution in [0.1, 0.15) is 120 Å². The third-order valence-corrected chi connectivity index (χ3v) is 7.61. The van der Waals surface area contributed by atoms with Crippen molar-refractivity contribution in [1.82, 2.24) is 16.0 Å². The summed E-state index contributed by atoms with van der Waals surface area (Å²) in [7, 11) is -1.86. The third kappa shape index (κ3) is 18.4. The second-order valence-corrected chi connectivity index (χ2v) is 11.3. The summed E-state index contributed by atoms with van der Waals surface area (Å²) < 4.78 is 5.04. The number of carbonyl (C=O) groups excluding carboxylic acids is 3. The third-order valence-electron chi connectivity index (χ3n) is 7.61. The standard InChI is InChI=1S/C31H55B2N3O8/c1-3-44-31(39)28(34-2)18-15-17-20-35-29(37)19-14-12-10-8-6-4-5-7-9-11-13-16-21-36-30(38)25-22-26(32(40)41)24-27(23-25)33(42)43/h22-24,28,34,40-43H,3-21H2,1-2H3,(H,35,37)(H,36,38)/t28-/m0/s1. The van der Waals surface area contributed by atoms with E-state index in [1.54, 1.807) is 14.0 Å². The highest BCUT2D eigenvalue weighted by molar-refractivity contribution is 6.62. The summed E-state index contributed by atoms with van der Waals surface area (Å²) in [4.78, 5) is 36.2. The maximum atomic E-state index is 12.4. The Morgan fingerprint density at radius 1 is 0.705 bits per heavy atom. The van der Waals surface area contributed by atoms with E-state index in [9.17, 15) is 34.5 Å². The molecule has 1 rings (SSSR count). The molecule has 11 nitrogen and oxygen atoms in total. The van der Waals surface area contributed by atoms with Crippen molar-refractivity contribution in [3.05, 3.63) is 23.8 Å².